The highest BCUT2D eigenvalue weighted by Crippen LogP contribution is 2.28. The summed E-state index contributed by atoms with van der Waals surface area (Å²) in [5.74, 6) is 0.767. The summed E-state index contributed by atoms with van der Waals surface area (Å²) in [4.78, 5) is 4.28. The standard InChI is InChI=1S/C14H16N2O2/c15-11-6-7-13(16-10-11)12-4-1-2-5-14(12)18-9-3-8-17/h1-2,4-7,10,17H,3,8-9,15H2. The van der Waals surface area contributed by atoms with E-state index >= 15 is 0 Å². The molecule has 0 bridgehead atoms. The Bertz CT molecular complexity index is 497. The van der Waals surface area contributed by atoms with Gasteiger partial charge in [0.1, 0.15) is 5.75 Å². The van der Waals surface area contributed by atoms with Gasteiger partial charge in [0.25, 0.3) is 0 Å². The quantitative estimate of drug-likeness (QED) is 0.790. The van der Waals surface area contributed by atoms with Crippen LogP contribution in [0.4, 0.5) is 5.69 Å². The van der Waals surface area contributed by atoms with Crippen molar-refractivity contribution in [1.82, 2.24) is 4.98 Å². The summed E-state index contributed by atoms with van der Waals surface area (Å²) in [5.41, 5.74) is 8.01. The van der Waals surface area contributed by atoms with E-state index in [1.807, 2.05) is 36.4 Å². The molecule has 0 aliphatic heterocycles. The van der Waals surface area contributed by atoms with Gasteiger partial charge in [0.15, 0.2) is 0 Å². The van der Waals surface area contributed by atoms with Gasteiger partial charge in [-0.05, 0) is 24.3 Å². The van der Waals surface area contributed by atoms with Gasteiger partial charge in [0.2, 0.25) is 0 Å². The maximum absolute atomic E-state index is 8.75. The number of rotatable bonds is 5. The molecule has 0 atom stereocenters. The highest BCUT2D eigenvalue weighted by atomic mass is 16.5. The third-order valence-electron chi connectivity index (χ3n) is 2.51. The number of hydrogen-bond acceptors (Lipinski definition) is 4. The number of ether oxygens (including phenoxy) is 1. The third-order valence-corrected chi connectivity index (χ3v) is 2.51. The van der Waals surface area contributed by atoms with E-state index in [1.54, 1.807) is 6.20 Å². The number of aliphatic hydroxyl groups is 1. The Labute approximate surface area is 106 Å². The summed E-state index contributed by atoms with van der Waals surface area (Å²) in [6, 6.07) is 11.4. The Morgan fingerprint density at radius 3 is 2.72 bits per heavy atom. The molecule has 2 aromatic rings. The topological polar surface area (TPSA) is 68.4 Å². The number of aliphatic hydroxyl groups excluding tert-OH is 1. The Morgan fingerprint density at radius 1 is 1.17 bits per heavy atom. The number of nitrogens with zero attached hydrogens (tertiary/aromatic N) is 1. The van der Waals surface area contributed by atoms with Gasteiger partial charge >= 0.3 is 0 Å². The van der Waals surface area contributed by atoms with Crippen LogP contribution in [0.5, 0.6) is 5.75 Å². The van der Waals surface area contributed by atoms with E-state index in [4.69, 9.17) is 15.6 Å². The Balaban J connectivity index is 2.23. The van der Waals surface area contributed by atoms with Crippen LogP contribution in [0.2, 0.25) is 0 Å². The minimum atomic E-state index is 0.127. The molecule has 1 aromatic carbocycles. The van der Waals surface area contributed by atoms with Crippen molar-refractivity contribution in [2.45, 2.75) is 6.42 Å². The van der Waals surface area contributed by atoms with Crippen molar-refractivity contribution in [3.05, 3.63) is 42.6 Å². The second-order valence-electron chi connectivity index (χ2n) is 3.90. The zero-order valence-corrected chi connectivity index (χ0v) is 10.0. The fourth-order valence-corrected chi connectivity index (χ4v) is 1.62. The van der Waals surface area contributed by atoms with Crippen molar-refractivity contribution in [3.63, 3.8) is 0 Å². The molecule has 0 unspecified atom stereocenters. The van der Waals surface area contributed by atoms with Gasteiger partial charge < -0.3 is 15.6 Å². The summed E-state index contributed by atoms with van der Waals surface area (Å²) in [7, 11) is 0. The van der Waals surface area contributed by atoms with Crippen LogP contribution >= 0.6 is 0 Å². The monoisotopic (exact) mass is 244 g/mol. The molecule has 0 fully saturated rings. The minimum Gasteiger partial charge on any atom is -0.493 e. The third kappa shape index (κ3) is 2.99. The smallest absolute Gasteiger partial charge is 0.128 e. The molecule has 0 aliphatic rings. The number of aromatic nitrogens is 1. The van der Waals surface area contributed by atoms with Crippen LogP contribution < -0.4 is 10.5 Å². The van der Waals surface area contributed by atoms with E-state index in [-0.39, 0.29) is 6.61 Å². The number of pyridine rings is 1. The summed E-state index contributed by atoms with van der Waals surface area (Å²) in [6.07, 6.45) is 2.24. The lowest BCUT2D eigenvalue weighted by molar-refractivity contribution is 0.234. The molecule has 0 saturated carbocycles. The summed E-state index contributed by atoms with van der Waals surface area (Å²) >= 11 is 0. The molecule has 18 heavy (non-hydrogen) atoms. The molecule has 2 rings (SSSR count). The Hall–Kier alpha value is -2.07. The van der Waals surface area contributed by atoms with Crippen LogP contribution in [0.3, 0.4) is 0 Å². The number of nitrogens with two attached hydrogens (primary N) is 1. The van der Waals surface area contributed by atoms with Crippen LogP contribution in [0, 0.1) is 0 Å². The maximum atomic E-state index is 8.75. The molecule has 4 heteroatoms. The van der Waals surface area contributed by atoms with Crippen LogP contribution in [0.25, 0.3) is 11.3 Å². The van der Waals surface area contributed by atoms with Gasteiger partial charge in [-0.3, -0.25) is 4.98 Å². The Morgan fingerprint density at radius 2 is 2.00 bits per heavy atom. The maximum Gasteiger partial charge on any atom is 0.128 e. The lowest BCUT2D eigenvalue weighted by atomic mass is 10.1. The van der Waals surface area contributed by atoms with Gasteiger partial charge in [0.05, 0.1) is 24.2 Å². The molecule has 0 radical (unpaired) electrons. The van der Waals surface area contributed by atoms with Gasteiger partial charge in [0, 0.05) is 18.6 Å². The highest BCUT2D eigenvalue weighted by molar-refractivity contribution is 5.67. The van der Waals surface area contributed by atoms with Crippen LogP contribution in [-0.4, -0.2) is 23.3 Å². The minimum absolute atomic E-state index is 0.127. The molecule has 4 nitrogen and oxygen atoms in total. The van der Waals surface area contributed by atoms with Crippen molar-refractivity contribution < 1.29 is 9.84 Å². The van der Waals surface area contributed by atoms with Gasteiger partial charge in [-0.25, -0.2) is 0 Å². The average molecular weight is 244 g/mol. The fourth-order valence-electron chi connectivity index (χ4n) is 1.62. The van der Waals surface area contributed by atoms with Gasteiger partial charge in [-0.2, -0.15) is 0 Å². The second-order valence-corrected chi connectivity index (χ2v) is 3.90. The van der Waals surface area contributed by atoms with Gasteiger partial charge in [-0.15, -0.1) is 0 Å². The van der Waals surface area contributed by atoms with E-state index in [0.717, 1.165) is 17.0 Å². The van der Waals surface area contributed by atoms with Crippen LogP contribution in [0.1, 0.15) is 6.42 Å². The van der Waals surface area contributed by atoms with E-state index in [0.29, 0.717) is 18.7 Å². The second kappa shape index (κ2) is 6.02. The van der Waals surface area contributed by atoms with E-state index in [9.17, 15) is 0 Å². The first-order chi connectivity index (χ1) is 8.81. The first-order valence-corrected chi connectivity index (χ1v) is 5.86. The first kappa shape index (κ1) is 12.4. The van der Waals surface area contributed by atoms with E-state index in [2.05, 4.69) is 4.98 Å². The van der Waals surface area contributed by atoms with Crippen molar-refractivity contribution >= 4 is 5.69 Å². The van der Waals surface area contributed by atoms with Crippen molar-refractivity contribution in [2.75, 3.05) is 18.9 Å². The Kier molecular flexibility index (Phi) is 4.15. The molecule has 3 N–H and O–H groups in total. The summed E-state index contributed by atoms with van der Waals surface area (Å²) in [5, 5.41) is 8.75. The first-order valence-electron chi connectivity index (χ1n) is 5.86. The lowest BCUT2D eigenvalue weighted by Gasteiger charge is -2.10. The molecule has 1 aromatic heterocycles. The van der Waals surface area contributed by atoms with Crippen molar-refractivity contribution in [3.8, 4) is 17.0 Å². The number of para-hydroxylation sites is 1. The summed E-state index contributed by atoms with van der Waals surface area (Å²) < 4.78 is 5.63. The number of nitrogen functional groups attached to an aromatic ring is 1. The number of benzene rings is 1. The zero-order chi connectivity index (χ0) is 12.8. The molecule has 94 valence electrons. The fraction of sp³-hybridized carbons (Fsp3) is 0.214. The van der Waals surface area contributed by atoms with Crippen molar-refractivity contribution in [1.29, 1.82) is 0 Å². The molecule has 1 heterocycles. The normalized spacial score (nSPS) is 10.3. The van der Waals surface area contributed by atoms with E-state index < -0.39 is 0 Å². The summed E-state index contributed by atoms with van der Waals surface area (Å²) in [6.45, 7) is 0.616. The zero-order valence-electron chi connectivity index (χ0n) is 10.0. The van der Waals surface area contributed by atoms with Crippen molar-refractivity contribution in [2.24, 2.45) is 0 Å². The predicted octanol–water partition coefficient (Wildman–Crippen LogP) is 2.09. The molecule has 0 aliphatic carbocycles. The highest BCUT2D eigenvalue weighted by Gasteiger charge is 2.06. The SMILES string of the molecule is Nc1ccc(-c2ccccc2OCCCO)nc1. The molecule has 0 saturated heterocycles. The molecule has 0 spiro atoms. The average Bonchev–Trinajstić information content (AvgIpc) is 2.41. The molecular weight excluding hydrogens is 228 g/mol. The van der Waals surface area contributed by atoms with E-state index in [1.165, 1.54) is 0 Å². The van der Waals surface area contributed by atoms with Crippen LogP contribution in [-0.2, 0) is 0 Å². The van der Waals surface area contributed by atoms with Gasteiger partial charge in [-0.1, -0.05) is 12.1 Å². The largest absolute Gasteiger partial charge is 0.493 e. The number of anilines is 1. The lowest BCUT2D eigenvalue weighted by Crippen LogP contribution is -2.01. The van der Waals surface area contributed by atoms with Crippen LogP contribution in [0.15, 0.2) is 42.6 Å². The number of hydrogen-bond donors (Lipinski definition) is 2. The molecule has 0 amide bonds. The molecular formula is C14H16N2O2. The predicted molar refractivity (Wildman–Crippen MR) is 71.3 cm³/mol.